The molecule has 1 aliphatic rings. The molecular weight excluding hydrogens is 286 g/mol. The van der Waals surface area contributed by atoms with Crippen molar-refractivity contribution in [1.82, 2.24) is 4.72 Å². The van der Waals surface area contributed by atoms with Gasteiger partial charge in [-0.3, -0.25) is 0 Å². The van der Waals surface area contributed by atoms with Gasteiger partial charge in [-0.2, -0.15) is 0 Å². The Kier molecular flexibility index (Phi) is 5.11. The molecule has 0 aromatic heterocycles. The summed E-state index contributed by atoms with van der Waals surface area (Å²) in [5.74, 6) is 0. The number of hydrogen-bond acceptors (Lipinski definition) is 4. The lowest BCUT2D eigenvalue weighted by atomic mass is 10.1. The van der Waals surface area contributed by atoms with Gasteiger partial charge < -0.3 is 10.6 Å². The third-order valence-corrected chi connectivity index (χ3v) is 5.75. The van der Waals surface area contributed by atoms with E-state index in [1.165, 1.54) is 32.7 Å². The summed E-state index contributed by atoms with van der Waals surface area (Å²) in [4.78, 5) is 2.41. The number of nitrogens with zero attached hydrogens (tertiary/aromatic N) is 1. The average molecular weight is 311 g/mol. The van der Waals surface area contributed by atoms with Crippen molar-refractivity contribution < 1.29 is 8.42 Å². The van der Waals surface area contributed by atoms with Crippen LogP contribution in [0.5, 0.6) is 0 Å². The Labute approximate surface area is 127 Å². The second kappa shape index (κ2) is 6.66. The van der Waals surface area contributed by atoms with E-state index in [2.05, 4.69) is 9.62 Å². The summed E-state index contributed by atoms with van der Waals surface area (Å²) in [6.45, 7) is 0. The largest absolute Gasteiger partial charge is 0.397 e. The van der Waals surface area contributed by atoms with Crippen molar-refractivity contribution in [2.45, 2.75) is 49.5 Å². The predicted molar refractivity (Wildman–Crippen MR) is 87.0 cm³/mol. The molecule has 3 N–H and O–H groups in total. The van der Waals surface area contributed by atoms with Gasteiger partial charge in [0.1, 0.15) is 0 Å². The minimum Gasteiger partial charge on any atom is -0.397 e. The molecule has 5 nitrogen and oxygen atoms in total. The zero-order valence-corrected chi connectivity index (χ0v) is 13.6. The molecule has 0 spiro atoms. The normalized spacial score (nSPS) is 17.4. The molecule has 0 bridgehead atoms. The molecule has 0 radical (unpaired) electrons. The van der Waals surface area contributed by atoms with Crippen molar-refractivity contribution in [2.75, 3.05) is 24.7 Å². The summed E-state index contributed by atoms with van der Waals surface area (Å²) in [7, 11) is -0.0127. The van der Waals surface area contributed by atoms with Crippen LogP contribution in [-0.2, 0) is 10.0 Å². The molecule has 1 aromatic carbocycles. The summed E-state index contributed by atoms with van der Waals surface area (Å²) in [5, 5.41) is 0. The first kappa shape index (κ1) is 16.1. The number of hydrogen-bond donors (Lipinski definition) is 2. The van der Waals surface area contributed by atoms with Crippen LogP contribution in [0.4, 0.5) is 11.4 Å². The Bertz CT molecular complexity index is 579. The third-order valence-electron chi connectivity index (χ3n) is 4.33. The quantitative estimate of drug-likeness (QED) is 0.661. The Hall–Kier alpha value is -1.27. The highest BCUT2D eigenvalue weighted by molar-refractivity contribution is 7.89. The number of nitrogens with two attached hydrogens (primary N) is 1. The molecule has 6 heteroatoms. The molecular formula is C15H25N3O2S. The molecule has 118 valence electrons. The van der Waals surface area contributed by atoms with E-state index in [9.17, 15) is 8.42 Å². The van der Waals surface area contributed by atoms with Crippen LogP contribution in [0, 0.1) is 0 Å². The van der Waals surface area contributed by atoms with Crippen LogP contribution in [0.25, 0.3) is 0 Å². The van der Waals surface area contributed by atoms with E-state index in [0.29, 0.717) is 11.7 Å². The van der Waals surface area contributed by atoms with Crippen LogP contribution in [0.3, 0.4) is 0 Å². The standard InChI is InChI=1S/C15H25N3O2S/c1-17-21(19,20)13-9-10-14(16)15(11-13)18(2)12-7-5-3-4-6-8-12/h9-12,17H,3-8,16H2,1-2H3. The second-order valence-corrected chi connectivity index (χ2v) is 7.57. The Morgan fingerprint density at radius 2 is 1.81 bits per heavy atom. The van der Waals surface area contributed by atoms with Gasteiger partial charge in [-0.15, -0.1) is 0 Å². The van der Waals surface area contributed by atoms with Crippen molar-refractivity contribution >= 4 is 21.4 Å². The lowest BCUT2D eigenvalue weighted by Gasteiger charge is -2.30. The highest BCUT2D eigenvalue weighted by Crippen LogP contribution is 2.31. The summed E-state index contributed by atoms with van der Waals surface area (Å²) < 4.78 is 26.2. The van der Waals surface area contributed by atoms with Crippen molar-refractivity contribution in [2.24, 2.45) is 0 Å². The fraction of sp³-hybridized carbons (Fsp3) is 0.600. The first-order valence-electron chi connectivity index (χ1n) is 7.51. The van der Waals surface area contributed by atoms with Gasteiger partial charge in [-0.1, -0.05) is 25.7 Å². The van der Waals surface area contributed by atoms with Crippen LogP contribution >= 0.6 is 0 Å². The molecule has 0 aliphatic heterocycles. The van der Waals surface area contributed by atoms with Gasteiger partial charge in [0, 0.05) is 13.1 Å². The first-order chi connectivity index (χ1) is 9.95. The number of sulfonamides is 1. The smallest absolute Gasteiger partial charge is 0.240 e. The minimum absolute atomic E-state index is 0.259. The van der Waals surface area contributed by atoms with Crippen LogP contribution in [-0.4, -0.2) is 28.6 Å². The monoisotopic (exact) mass is 311 g/mol. The van der Waals surface area contributed by atoms with Crippen LogP contribution < -0.4 is 15.4 Å². The molecule has 0 unspecified atom stereocenters. The molecule has 1 aromatic rings. The summed E-state index contributed by atoms with van der Waals surface area (Å²) in [6, 6.07) is 5.33. The SMILES string of the molecule is CNS(=O)(=O)c1ccc(N)c(N(C)C2CCCCCC2)c1. The van der Waals surface area contributed by atoms with Gasteiger partial charge in [-0.25, -0.2) is 13.1 Å². The van der Waals surface area contributed by atoms with Gasteiger partial charge in [0.2, 0.25) is 10.0 Å². The molecule has 21 heavy (non-hydrogen) atoms. The molecule has 0 heterocycles. The van der Waals surface area contributed by atoms with Gasteiger partial charge in [0.05, 0.1) is 16.3 Å². The number of benzene rings is 1. The summed E-state index contributed by atoms with van der Waals surface area (Å²) in [6.07, 6.45) is 7.30. The van der Waals surface area contributed by atoms with Gasteiger partial charge in [0.25, 0.3) is 0 Å². The molecule has 0 atom stereocenters. The van der Waals surface area contributed by atoms with Gasteiger partial charge in [-0.05, 0) is 38.1 Å². The van der Waals surface area contributed by atoms with Crippen LogP contribution in [0.1, 0.15) is 38.5 Å². The minimum atomic E-state index is -3.44. The summed E-state index contributed by atoms with van der Waals surface area (Å²) in [5.41, 5.74) is 7.49. The van der Waals surface area contributed by atoms with E-state index >= 15 is 0 Å². The van der Waals surface area contributed by atoms with Gasteiger partial charge in [0.15, 0.2) is 0 Å². The zero-order chi connectivity index (χ0) is 15.5. The predicted octanol–water partition coefficient (Wildman–Crippen LogP) is 2.34. The second-order valence-electron chi connectivity index (χ2n) is 5.68. The third kappa shape index (κ3) is 3.68. The lowest BCUT2D eigenvalue weighted by Crippen LogP contribution is -2.32. The van der Waals surface area contributed by atoms with E-state index in [-0.39, 0.29) is 4.90 Å². The average Bonchev–Trinajstić information content (AvgIpc) is 2.76. The number of nitrogen functional groups attached to an aromatic ring is 1. The van der Waals surface area contributed by atoms with Gasteiger partial charge >= 0.3 is 0 Å². The van der Waals surface area contributed by atoms with Crippen molar-refractivity contribution in [3.8, 4) is 0 Å². The molecule has 0 saturated heterocycles. The molecule has 0 amide bonds. The maximum absolute atomic E-state index is 11.9. The lowest BCUT2D eigenvalue weighted by molar-refractivity contribution is 0.553. The van der Waals surface area contributed by atoms with E-state index < -0.39 is 10.0 Å². The van der Waals surface area contributed by atoms with E-state index in [1.807, 2.05) is 7.05 Å². The molecule has 1 fully saturated rings. The fourth-order valence-electron chi connectivity index (χ4n) is 2.96. The molecule has 1 aliphatic carbocycles. The van der Waals surface area contributed by atoms with Crippen molar-refractivity contribution in [3.63, 3.8) is 0 Å². The highest BCUT2D eigenvalue weighted by Gasteiger charge is 2.21. The van der Waals surface area contributed by atoms with Crippen LogP contribution in [0.2, 0.25) is 0 Å². The zero-order valence-electron chi connectivity index (χ0n) is 12.8. The van der Waals surface area contributed by atoms with Crippen molar-refractivity contribution in [3.05, 3.63) is 18.2 Å². The molecule has 2 rings (SSSR count). The topological polar surface area (TPSA) is 75.4 Å². The fourth-order valence-corrected chi connectivity index (χ4v) is 3.71. The Morgan fingerprint density at radius 1 is 1.19 bits per heavy atom. The maximum atomic E-state index is 11.9. The molecule has 1 saturated carbocycles. The van der Waals surface area contributed by atoms with E-state index in [4.69, 9.17) is 5.73 Å². The van der Waals surface area contributed by atoms with Crippen LogP contribution in [0.15, 0.2) is 23.1 Å². The highest BCUT2D eigenvalue weighted by atomic mass is 32.2. The van der Waals surface area contributed by atoms with Crippen molar-refractivity contribution in [1.29, 1.82) is 0 Å². The maximum Gasteiger partial charge on any atom is 0.240 e. The Balaban J connectivity index is 2.31. The van der Waals surface area contributed by atoms with E-state index in [0.717, 1.165) is 18.5 Å². The summed E-state index contributed by atoms with van der Waals surface area (Å²) >= 11 is 0. The Morgan fingerprint density at radius 3 is 2.38 bits per heavy atom. The number of nitrogens with one attached hydrogen (secondary N) is 1. The number of anilines is 2. The first-order valence-corrected chi connectivity index (χ1v) is 9.00. The van der Waals surface area contributed by atoms with E-state index in [1.54, 1.807) is 18.2 Å². The number of rotatable bonds is 4.